The first kappa shape index (κ1) is 20.9. The second-order valence-electron chi connectivity index (χ2n) is 7.09. The van der Waals surface area contributed by atoms with Crippen LogP contribution in [-0.4, -0.2) is 26.4 Å². The monoisotopic (exact) mass is 410 g/mol. The van der Waals surface area contributed by atoms with Gasteiger partial charge in [-0.2, -0.15) is 0 Å². The molecule has 6 nitrogen and oxygen atoms in total. The number of rotatable bonds is 8. The molecule has 0 saturated heterocycles. The van der Waals surface area contributed by atoms with Crippen LogP contribution in [-0.2, 0) is 11.8 Å². The van der Waals surface area contributed by atoms with Gasteiger partial charge in [-0.05, 0) is 42.7 Å². The van der Waals surface area contributed by atoms with Gasteiger partial charge in [-0.1, -0.05) is 55.9 Å². The van der Waals surface area contributed by atoms with Crippen molar-refractivity contribution < 1.29 is 9.53 Å². The van der Waals surface area contributed by atoms with Gasteiger partial charge in [-0.3, -0.25) is 4.79 Å². The predicted molar refractivity (Wildman–Crippen MR) is 116 cm³/mol. The van der Waals surface area contributed by atoms with Crippen molar-refractivity contribution >= 4 is 23.4 Å². The Balaban J connectivity index is 1.55. The van der Waals surface area contributed by atoms with Crippen molar-refractivity contribution in [3.63, 3.8) is 0 Å². The summed E-state index contributed by atoms with van der Waals surface area (Å²) in [6, 6.07) is 17.5. The minimum absolute atomic E-state index is 0.0783. The average Bonchev–Trinajstić information content (AvgIpc) is 3.08. The Hall–Kier alpha value is -2.80. The number of hydrogen-bond donors (Lipinski definition) is 1. The zero-order chi connectivity index (χ0) is 20.8. The number of nitrogens with zero attached hydrogens (tertiary/aromatic N) is 3. The van der Waals surface area contributed by atoms with Crippen LogP contribution in [0.4, 0.5) is 5.69 Å². The molecule has 0 bridgehead atoms. The van der Waals surface area contributed by atoms with E-state index in [0.717, 1.165) is 11.4 Å². The summed E-state index contributed by atoms with van der Waals surface area (Å²) >= 11 is 1.35. The van der Waals surface area contributed by atoms with Crippen molar-refractivity contribution in [1.82, 2.24) is 14.8 Å². The number of para-hydroxylation sites is 1. The van der Waals surface area contributed by atoms with E-state index in [9.17, 15) is 4.79 Å². The molecule has 0 aliphatic rings. The molecular weight excluding hydrogens is 384 g/mol. The number of amides is 1. The fourth-order valence-electron chi connectivity index (χ4n) is 2.84. The smallest absolute Gasteiger partial charge is 0.234 e. The van der Waals surface area contributed by atoms with Gasteiger partial charge in [0.05, 0.1) is 5.75 Å². The summed E-state index contributed by atoms with van der Waals surface area (Å²) in [5.41, 5.74) is 2.04. The largest absolute Gasteiger partial charge is 0.483 e. The summed E-state index contributed by atoms with van der Waals surface area (Å²) in [5.74, 6) is 2.13. The van der Waals surface area contributed by atoms with E-state index in [1.54, 1.807) is 0 Å². The third kappa shape index (κ3) is 5.60. The van der Waals surface area contributed by atoms with E-state index in [2.05, 4.69) is 29.4 Å². The van der Waals surface area contributed by atoms with Crippen molar-refractivity contribution in [3.8, 4) is 5.75 Å². The Morgan fingerprint density at radius 3 is 2.41 bits per heavy atom. The minimum atomic E-state index is -0.252. The number of ether oxygens (including phenoxy) is 1. The lowest BCUT2D eigenvalue weighted by atomic mass is 10.0. The molecule has 3 aromatic rings. The standard InChI is InChI=1S/C22H26N4O2S/c1-15(2)17-10-12-18(13-11-17)23-20(27)14-29-22-25-24-21(26(22)4)16(3)28-19-8-6-5-7-9-19/h5-13,15-16H,14H2,1-4H3,(H,23,27)/t16-/m0/s1. The first-order chi connectivity index (χ1) is 13.9. The Morgan fingerprint density at radius 1 is 1.07 bits per heavy atom. The average molecular weight is 411 g/mol. The van der Waals surface area contributed by atoms with Crippen molar-refractivity contribution in [2.45, 2.75) is 37.9 Å². The molecule has 152 valence electrons. The van der Waals surface area contributed by atoms with E-state index in [1.807, 2.05) is 73.1 Å². The van der Waals surface area contributed by atoms with E-state index in [4.69, 9.17) is 4.74 Å². The summed E-state index contributed by atoms with van der Waals surface area (Å²) in [5, 5.41) is 12.0. The van der Waals surface area contributed by atoms with Gasteiger partial charge in [0.15, 0.2) is 17.1 Å². The second-order valence-corrected chi connectivity index (χ2v) is 8.03. The number of benzene rings is 2. The highest BCUT2D eigenvalue weighted by molar-refractivity contribution is 7.99. The topological polar surface area (TPSA) is 69.0 Å². The van der Waals surface area contributed by atoms with Gasteiger partial charge >= 0.3 is 0 Å². The van der Waals surface area contributed by atoms with Crippen molar-refractivity contribution in [3.05, 3.63) is 66.0 Å². The summed E-state index contributed by atoms with van der Waals surface area (Å²) in [7, 11) is 1.88. The zero-order valence-corrected chi connectivity index (χ0v) is 17.9. The maximum atomic E-state index is 12.3. The molecule has 7 heteroatoms. The number of nitrogens with one attached hydrogen (secondary N) is 1. The predicted octanol–water partition coefficient (Wildman–Crippen LogP) is 4.81. The second kappa shape index (κ2) is 9.60. The molecule has 1 atom stereocenters. The van der Waals surface area contributed by atoms with Gasteiger partial charge in [0.2, 0.25) is 5.91 Å². The van der Waals surface area contributed by atoms with Gasteiger partial charge in [0.1, 0.15) is 5.75 Å². The summed E-state index contributed by atoms with van der Waals surface area (Å²) in [6.45, 7) is 6.22. The first-order valence-corrected chi connectivity index (χ1v) is 10.6. The highest BCUT2D eigenvalue weighted by Crippen LogP contribution is 2.23. The van der Waals surface area contributed by atoms with E-state index < -0.39 is 0 Å². The molecule has 0 fully saturated rings. The van der Waals surface area contributed by atoms with Crippen molar-refractivity contribution in [2.24, 2.45) is 7.05 Å². The lowest BCUT2D eigenvalue weighted by Crippen LogP contribution is -2.15. The van der Waals surface area contributed by atoms with Crippen LogP contribution in [0.1, 0.15) is 44.2 Å². The van der Waals surface area contributed by atoms with E-state index in [1.165, 1.54) is 17.3 Å². The quantitative estimate of drug-likeness (QED) is 0.540. The lowest BCUT2D eigenvalue weighted by Gasteiger charge is -2.14. The zero-order valence-electron chi connectivity index (χ0n) is 17.1. The van der Waals surface area contributed by atoms with Crippen LogP contribution in [0.25, 0.3) is 0 Å². The summed E-state index contributed by atoms with van der Waals surface area (Å²) < 4.78 is 7.78. The number of thioether (sulfide) groups is 1. The molecule has 0 radical (unpaired) electrons. The number of anilines is 1. The highest BCUT2D eigenvalue weighted by atomic mass is 32.2. The molecule has 0 saturated carbocycles. The van der Waals surface area contributed by atoms with Crippen LogP contribution in [0, 0.1) is 0 Å². The van der Waals surface area contributed by atoms with Crippen LogP contribution in [0.3, 0.4) is 0 Å². The van der Waals surface area contributed by atoms with Crippen LogP contribution in [0.2, 0.25) is 0 Å². The molecule has 29 heavy (non-hydrogen) atoms. The fourth-order valence-corrected chi connectivity index (χ4v) is 3.56. The molecule has 2 aromatic carbocycles. The Bertz CT molecular complexity index is 939. The maximum Gasteiger partial charge on any atom is 0.234 e. The molecule has 0 aliphatic carbocycles. The Morgan fingerprint density at radius 2 is 1.76 bits per heavy atom. The third-order valence-corrected chi connectivity index (χ3v) is 5.50. The molecule has 3 rings (SSSR count). The number of carbonyl (C=O) groups excluding carboxylic acids is 1. The van der Waals surface area contributed by atoms with Crippen LogP contribution in [0.15, 0.2) is 59.8 Å². The van der Waals surface area contributed by atoms with Crippen LogP contribution < -0.4 is 10.1 Å². The molecule has 1 heterocycles. The Labute approximate surface area is 175 Å². The first-order valence-electron chi connectivity index (χ1n) is 9.57. The van der Waals surface area contributed by atoms with E-state index >= 15 is 0 Å². The molecule has 0 aliphatic heterocycles. The van der Waals surface area contributed by atoms with Gasteiger partial charge in [0.25, 0.3) is 0 Å². The highest BCUT2D eigenvalue weighted by Gasteiger charge is 2.18. The fraction of sp³-hybridized carbons (Fsp3) is 0.318. The van der Waals surface area contributed by atoms with Crippen LogP contribution >= 0.6 is 11.8 Å². The van der Waals surface area contributed by atoms with Crippen molar-refractivity contribution in [1.29, 1.82) is 0 Å². The molecule has 0 spiro atoms. The summed E-state index contributed by atoms with van der Waals surface area (Å²) in [6.07, 6.45) is -0.252. The third-order valence-electron chi connectivity index (χ3n) is 4.48. The van der Waals surface area contributed by atoms with Gasteiger partial charge in [-0.25, -0.2) is 0 Å². The molecular formula is C22H26N4O2S. The van der Waals surface area contributed by atoms with Gasteiger partial charge in [-0.15, -0.1) is 10.2 Å². The van der Waals surface area contributed by atoms with Crippen LogP contribution in [0.5, 0.6) is 5.75 Å². The lowest BCUT2D eigenvalue weighted by molar-refractivity contribution is -0.113. The van der Waals surface area contributed by atoms with Crippen molar-refractivity contribution in [2.75, 3.05) is 11.1 Å². The molecule has 1 N–H and O–H groups in total. The normalized spacial score (nSPS) is 12.0. The van der Waals surface area contributed by atoms with E-state index in [0.29, 0.717) is 16.9 Å². The maximum absolute atomic E-state index is 12.3. The number of aromatic nitrogens is 3. The molecule has 1 aromatic heterocycles. The minimum Gasteiger partial charge on any atom is -0.483 e. The van der Waals surface area contributed by atoms with E-state index in [-0.39, 0.29) is 17.8 Å². The molecule has 0 unspecified atom stereocenters. The Kier molecular flexibility index (Phi) is 6.93. The number of carbonyl (C=O) groups is 1. The molecule has 1 amide bonds. The summed E-state index contributed by atoms with van der Waals surface area (Å²) in [4.78, 5) is 12.3. The van der Waals surface area contributed by atoms with Gasteiger partial charge in [0, 0.05) is 12.7 Å². The van der Waals surface area contributed by atoms with Gasteiger partial charge < -0.3 is 14.6 Å². The number of hydrogen-bond acceptors (Lipinski definition) is 5. The SMILES string of the molecule is CC(C)c1ccc(NC(=O)CSc2nnc([C@H](C)Oc3ccccc3)n2C)cc1.